The number of benzene rings is 2. The molecule has 3 amide bonds. The van der Waals surface area contributed by atoms with Crippen LogP contribution in [0, 0.1) is 11.8 Å². The van der Waals surface area contributed by atoms with E-state index in [0.717, 1.165) is 24.8 Å². The summed E-state index contributed by atoms with van der Waals surface area (Å²) < 4.78 is 5.24. The summed E-state index contributed by atoms with van der Waals surface area (Å²) in [4.78, 5) is 51.7. The molecule has 2 aromatic rings. The van der Waals surface area contributed by atoms with Crippen molar-refractivity contribution in [3.05, 3.63) is 71.3 Å². The lowest BCUT2D eigenvalue weighted by Crippen LogP contribution is -2.30. The van der Waals surface area contributed by atoms with Crippen LogP contribution in [0.15, 0.2) is 60.2 Å². The van der Waals surface area contributed by atoms with Gasteiger partial charge < -0.3 is 10.1 Å². The number of nitrogens with zero attached hydrogens (tertiary/aromatic N) is 1. The summed E-state index contributed by atoms with van der Waals surface area (Å²) in [6.45, 7) is 4.47. The Balaban J connectivity index is 1.36. The van der Waals surface area contributed by atoms with Crippen LogP contribution in [0.2, 0.25) is 0 Å². The number of unbranched alkanes of at least 4 members (excludes halogenated alkanes) is 2. The normalized spacial score (nSPS) is 19.3. The third kappa shape index (κ3) is 5.34. The topological polar surface area (TPSA) is 92.8 Å². The molecule has 0 bridgehead atoms. The quantitative estimate of drug-likeness (QED) is 0.248. The maximum atomic E-state index is 12.9. The first-order chi connectivity index (χ1) is 16.9. The zero-order valence-corrected chi connectivity index (χ0v) is 20.1. The number of amides is 3. The van der Waals surface area contributed by atoms with Crippen molar-refractivity contribution in [3.63, 3.8) is 0 Å². The maximum Gasteiger partial charge on any atom is 0.338 e. The average Bonchev–Trinajstić information content (AvgIpc) is 3.11. The Morgan fingerprint density at radius 3 is 2.29 bits per heavy atom. The second-order valence-electron chi connectivity index (χ2n) is 9.14. The van der Waals surface area contributed by atoms with E-state index in [4.69, 9.17) is 4.74 Å². The number of anilines is 2. The van der Waals surface area contributed by atoms with Gasteiger partial charge in [-0.25, -0.2) is 4.79 Å². The van der Waals surface area contributed by atoms with E-state index in [1.165, 1.54) is 4.90 Å². The van der Waals surface area contributed by atoms with Crippen LogP contribution in [-0.4, -0.2) is 30.3 Å². The molecule has 4 rings (SSSR count). The summed E-state index contributed by atoms with van der Waals surface area (Å²) >= 11 is 0. The number of carbonyl (C=O) groups is 4. The van der Waals surface area contributed by atoms with E-state index in [-0.39, 0.29) is 35.5 Å². The van der Waals surface area contributed by atoms with Gasteiger partial charge in [-0.1, -0.05) is 31.4 Å². The molecule has 182 valence electrons. The van der Waals surface area contributed by atoms with Gasteiger partial charge in [0.15, 0.2) is 0 Å². The van der Waals surface area contributed by atoms with E-state index in [1.54, 1.807) is 48.5 Å². The Labute approximate surface area is 205 Å². The van der Waals surface area contributed by atoms with Crippen LogP contribution >= 0.6 is 0 Å². The van der Waals surface area contributed by atoms with Gasteiger partial charge in [-0.2, -0.15) is 0 Å². The van der Waals surface area contributed by atoms with Gasteiger partial charge in [0.1, 0.15) is 0 Å². The first-order valence-electron chi connectivity index (χ1n) is 12.1. The number of imide groups is 1. The summed E-state index contributed by atoms with van der Waals surface area (Å²) in [6, 6.07) is 13.0. The number of nitrogens with one attached hydrogen (secondary N) is 1. The van der Waals surface area contributed by atoms with Gasteiger partial charge in [0.05, 0.1) is 29.7 Å². The molecule has 0 spiro atoms. The Hall–Kier alpha value is -3.74. The molecule has 2 aliphatic rings. The number of fused-ring (bicyclic) bond motifs is 1. The SMILES string of the molecule is CCCCCOC(=O)c1ccc(NC(=O)c2ccc(N3C(=O)[C@H]4CC(C)=CC[C@H]4C3=O)cc2)cc1. The number of rotatable bonds is 8. The second-order valence-corrected chi connectivity index (χ2v) is 9.14. The summed E-state index contributed by atoms with van der Waals surface area (Å²) in [5.41, 5.74) is 2.97. The zero-order chi connectivity index (χ0) is 24.9. The van der Waals surface area contributed by atoms with Crippen molar-refractivity contribution in [1.29, 1.82) is 0 Å². The smallest absolute Gasteiger partial charge is 0.338 e. The predicted molar refractivity (Wildman–Crippen MR) is 133 cm³/mol. The summed E-state index contributed by atoms with van der Waals surface area (Å²) in [7, 11) is 0. The minimum atomic E-state index is -0.383. The van der Waals surface area contributed by atoms with Crippen LogP contribution in [0.4, 0.5) is 11.4 Å². The number of hydrogen-bond acceptors (Lipinski definition) is 5. The van der Waals surface area contributed by atoms with Gasteiger partial charge in [0.25, 0.3) is 5.91 Å². The largest absolute Gasteiger partial charge is 0.462 e. The highest BCUT2D eigenvalue weighted by molar-refractivity contribution is 6.22. The second kappa shape index (κ2) is 10.7. The first kappa shape index (κ1) is 24.4. The first-order valence-corrected chi connectivity index (χ1v) is 12.1. The van der Waals surface area contributed by atoms with Crippen molar-refractivity contribution in [2.45, 2.75) is 46.0 Å². The van der Waals surface area contributed by atoms with Gasteiger partial charge in [0.2, 0.25) is 11.8 Å². The van der Waals surface area contributed by atoms with Crippen molar-refractivity contribution in [2.75, 3.05) is 16.8 Å². The number of allylic oxidation sites excluding steroid dienone is 2. The number of esters is 1. The molecule has 2 atom stereocenters. The fourth-order valence-electron chi connectivity index (χ4n) is 4.55. The highest BCUT2D eigenvalue weighted by Crippen LogP contribution is 2.39. The summed E-state index contributed by atoms with van der Waals surface area (Å²) in [5, 5.41) is 2.79. The Morgan fingerprint density at radius 2 is 1.60 bits per heavy atom. The van der Waals surface area contributed by atoms with Crippen LogP contribution in [-0.2, 0) is 14.3 Å². The Bertz CT molecular complexity index is 1150. The highest BCUT2D eigenvalue weighted by Gasteiger charge is 2.48. The van der Waals surface area contributed by atoms with Crippen molar-refractivity contribution < 1.29 is 23.9 Å². The van der Waals surface area contributed by atoms with E-state index < -0.39 is 0 Å². The van der Waals surface area contributed by atoms with Crippen molar-refractivity contribution in [2.24, 2.45) is 11.8 Å². The van der Waals surface area contributed by atoms with Crippen molar-refractivity contribution >= 4 is 35.1 Å². The van der Waals surface area contributed by atoms with E-state index in [0.29, 0.717) is 42.0 Å². The van der Waals surface area contributed by atoms with E-state index >= 15 is 0 Å². The van der Waals surface area contributed by atoms with Crippen molar-refractivity contribution in [1.82, 2.24) is 0 Å². The van der Waals surface area contributed by atoms with Crippen LogP contribution in [0.3, 0.4) is 0 Å². The molecule has 1 aliphatic carbocycles. The molecule has 0 unspecified atom stereocenters. The number of hydrogen-bond donors (Lipinski definition) is 1. The van der Waals surface area contributed by atoms with Crippen molar-refractivity contribution in [3.8, 4) is 0 Å². The molecule has 1 fully saturated rings. The molecule has 35 heavy (non-hydrogen) atoms. The van der Waals surface area contributed by atoms with E-state index in [1.807, 2.05) is 13.0 Å². The van der Waals surface area contributed by atoms with Crippen LogP contribution < -0.4 is 10.2 Å². The van der Waals surface area contributed by atoms with Gasteiger partial charge in [-0.05, 0) is 74.7 Å². The molecule has 1 aliphatic heterocycles. The van der Waals surface area contributed by atoms with Crippen LogP contribution in [0.5, 0.6) is 0 Å². The highest BCUT2D eigenvalue weighted by atomic mass is 16.5. The number of carbonyl (C=O) groups excluding carboxylic acids is 4. The van der Waals surface area contributed by atoms with Gasteiger partial charge in [-0.3, -0.25) is 19.3 Å². The molecular weight excluding hydrogens is 444 g/mol. The third-order valence-electron chi connectivity index (χ3n) is 6.57. The lowest BCUT2D eigenvalue weighted by Gasteiger charge is -2.18. The summed E-state index contributed by atoms with van der Waals surface area (Å²) in [5.74, 6) is -1.67. The van der Waals surface area contributed by atoms with Gasteiger partial charge >= 0.3 is 5.97 Å². The third-order valence-corrected chi connectivity index (χ3v) is 6.57. The molecule has 0 saturated carbocycles. The fourth-order valence-corrected chi connectivity index (χ4v) is 4.55. The average molecular weight is 475 g/mol. The zero-order valence-electron chi connectivity index (χ0n) is 20.1. The molecule has 0 radical (unpaired) electrons. The molecule has 1 heterocycles. The Kier molecular flexibility index (Phi) is 7.44. The van der Waals surface area contributed by atoms with Gasteiger partial charge in [-0.15, -0.1) is 0 Å². The van der Waals surface area contributed by atoms with E-state index in [2.05, 4.69) is 12.2 Å². The minimum Gasteiger partial charge on any atom is -0.462 e. The molecule has 2 aromatic carbocycles. The summed E-state index contributed by atoms with van der Waals surface area (Å²) in [6.07, 6.45) is 6.15. The Morgan fingerprint density at radius 1 is 0.943 bits per heavy atom. The van der Waals surface area contributed by atoms with Crippen LogP contribution in [0.25, 0.3) is 0 Å². The lowest BCUT2D eigenvalue weighted by molar-refractivity contribution is -0.122. The fraction of sp³-hybridized carbons (Fsp3) is 0.357. The monoisotopic (exact) mass is 474 g/mol. The molecule has 7 heteroatoms. The minimum absolute atomic E-state index is 0.173. The lowest BCUT2D eigenvalue weighted by atomic mass is 9.82. The molecule has 0 aromatic heterocycles. The maximum absolute atomic E-state index is 12.9. The van der Waals surface area contributed by atoms with Crippen LogP contribution in [0.1, 0.15) is 66.7 Å². The van der Waals surface area contributed by atoms with E-state index in [9.17, 15) is 19.2 Å². The predicted octanol–water partition coefficient (Wildman–Crippen LogP) is 5.13. The molecule has 1 saturated heterocycles. The number of ether oxygens (including phenoxy) is 1. The standard InChI is InChI=1S/C28H30N2O5/c1-3-4-5-16-35-28(34)20-7-11-21(12-8-20)29-25(31)19-9-13-22(14-10-19)30-26(32)23-15-6-18(2)17-24(23)27(30)33/h6-14,23-24H,3-5,15-17H2,1-2H3,(H,29,31)/t23-,24+/m1/s1. The molecule has 7 nitrogen and oxygen atoms in total. The molecule has 1 N–H and O–H groups in total. The van der Waals surface area contributed by atoms with Gasteiger partial charge in [0, 0.05) is 11.3 Å². The molecular formula is C28H30N2O5.